The number of phenols is 2. The average molecular weight is 355 g/mol. The maximum absolute atomic E-state index is 9.46. The number of benzene rings is 2. The molecule has 2 aromatic rings. The van der Waals surface area contributed by atoms with Gasteiger partial charge in [0, 0.05) is 17.1 Å². The van der Waals surface area contributed by atoms with E-state index >= 15 is 0 Å². The fraction of sp³-hybridized carbons (Fsp3) is 0.400. The van der Waals surface area contributed by atoms with Gasteiger partial charge < -0.3 is 10.2 Å². The van der Waals surface area contributed by atoms with Gasteiger partial charge in [0.15, 0.2) is 0 Å². The van der Waals surface area contributed by atoms with Gasteiger partial charge in [0.1, 0.15) is 11.5 Å². The Kier molecular flexibility index (Phi) is 9.04. The minimum absolute atomic E-state index is 0. The summed E-state index contributed by atoms with van der Waals surface area (Å²) < 4.78 is 0. The zero-order chi connectivity index (χ0) is 16.9. The predicted molar refractivity (Wildman–Crippen MR) is 93.9 cm³/mol. The number of phenolic OH excluding ortho intramolecular Hbond substituents is 2. The molecule has 23 heavy (non-hydrogen) atoms. The van der Waals surface area contributed by atoms with Crippen molar-refractivity contribution in [1.29, 1.82) is 0 Å². The summed E-state index contributed by atoms with van der Waals surface area (Å²) in [5, 5.41) is 18.9. The second-order valence-corrected chi connectivity index (χ2v) is 6.43. The van der Waals surface area contributed by atoms with E-state index in [1.165, 1.54) is 0 Å². The number of aryl methyl sites for hydroxylation is 2. The molecule has 1 radical (unpaired) electrons. The smallest absolute Gasteiger partial charge is 0.119 e. The quantitative estimate of drug-likeness (QED) is 0.684. The minimum atomic E-state index is 0. The molecule has 0 aromatic heterocycles. The van der Waals surface area contributed by atoms with Crippen molar-refractivity contribution in [2.24, 2.45) is 0 Å². The average Bonchev–Trinajstić information content (AvgIpc) is 2.38. The summed E-state index contributed by atoms with van der Waals surface area (Å²) in [6.45, 7) is 12.2. The van der Waals surface area contributed by atoms with E-state index in [0.717, 1.165) is 22.3 Å². The van der Waals surface area contributed by atoms with Crippen molar-refractivity contribution < 1.29 is 27.3 Å². The summed E-state index contributed by atoms with van der Waals surface area (Å²) in [5.74, 6) is 1.63. The summed E-state index contributed by atoms with van der Waals surface area (Å²) in [6, 6.07) is 11.6. The van der Waals surface area contributed by atoms with Crippen molar-refractivity contribution in [2.45, 2.75) is 53.4 Å². The molecule has 0 saturated heterocycles. The van der Waals surface area contributed by atoms with Crippen molar-refractivity contribution in [3.8, 4) is 11.5 Å². The Bertz CT molecular complexity index is 564. The van der Waals surface area contributed by atoms with Crippen molar-refractivity contribution >= 4 is 0 Å². The van der Waals surface area contributed by atoms with Crippen LogP contribution in [0.25, 0.3) is 0 Å². The molecule has 0 heterocycles. The monoisotopic (exact) mass is 355 g/mol. The third-order valence-corrected chi connectivity index (χ3v) is 3.62. The van der Waals surface area contributed by atoms with Crippen LogP contribution in [0.2, 0.25) is 0 Å². The molecule has 127 valence electrons. The van der Waals surface area contributed by atoms with Gasteiger partial charge in [-0.05, 0) is 60.1 Å². The van der Waals surface area contributed by atoms with Crippen LogP contribution in [0.5, 0.6) is 11.5 Å². The third kappa shape index (κ3) is 6.68. The van der Waals surface area contributed by atoms with Crippen LogP contribution in [0.1, 0.15) is 61.8 Å². The third-order valence-electron chi connectivity index (χ3n) is 3.62. The Balaban J connectivity index is 0.000000403. The van der Waals surface area contributed by atoms with E-state index in [9.17, 15) is 10.2 Å². The van der Waals surface area contributed by atoms with Gasteiger partial charge in [-0.15, -0.1) is 0 Å². The zero-order valence-corrected chi connectivity index (χ0v) is 16.1. The van der Waals surface area contributed by atoms with Gasteiger partial charge >= 0.3 is 0 Å². The molecular weight excluding hydrogens is 327 g/mol. The van der Waals surface area contributed by atoms with Gasteiger partial charge in [0.25, 0.3) is 0 Å². The molecular formula is C20H28MnO2. The first-order chi connectivity index (χ1) is 10.2. The molecule has 3 heteroatoms. The summed E-state index contributed by atoms with van der Waals surface area (Å²) in [4.78, 5) is 0. The van der Waals surface area contributed by atoms with Gasteiger partial charge in [-0.2, -0.15) is 0 Å². The van der Waals surface area contributed by atoms with Crippen molar-refractivity contribution in [2.75, 3.05) is 0 Å². The first kappa shape index (κ1) is 21.6. The number of hydrogen-bond acceptors (Lipinski definition) is 2. The normalized spacial score (nSPS) is 10.1. The van der Waals surface area contributed by atoms with Crippen LogP contribution < -0.4 is 0 Å². The molecule has 2 N–H and O–H groups in total. The Hall–Kier alpha value is -1.44. The molecule has 0 aliphatic carbocycles. The molecule has 0 amide bonds. The molecule has 0 fully saturated rings. The van der Waals surface area contributed by atoms with E-state index < -0.39 is 0 Å². The van der Waals surface area contributed by atoms with Crippen LogP contribution in [-0.2, 0) is 17.1 Å². The zero-order valence-electron chi connectivity index (χ0n) is 14.9. The van der Waals surface area contributed by atoms with Crippen LogP contribution in [0.15, 0.2) is 36.4 Å². The number of aromatic hydroxyl groups is 2. The van der Waals surface area contributed by atoms with Crippen molar-refractivity contribution in [3.63, 3.8) is 0 Å². The van der Waals surface area contributed by atoms with Gasteiger partial charge in [-0.3, -0.25) is 0 Å². The summed E-state index contributed by atoms with van der Waals surface area (Å²) >= 11 is 0. The van der Waals surface area contributed by atoms with E-state index in [1.807, 2.05) is 38.1 Å². The predicted octanol–water partition coefficient (Wildman–Crippen LogP) is 5.65. The number of rotatable bonds is 2. The summed E-state index contributed by atoms with van der Waals surface area (Å²) in [7, 11) is 0. The van der Waals surface area contributed by atoms with Crippen LogP contribution in [0.4, 0.5) is 0 Å². The second kappa shape index (κ2) is 9.64. The Morgan fingerprint density at radius 2 is 0.957 bits per heavy atom. The Morgan fingerprint density at radius 3 is 1.17 bits per heavy atom. The Labute approximate surface area is 151 Å². The SMILES string of the molecule is Cc1ccc(C(C)C)c(O)c1.Cc1ccc(C(C)C)c(O)c1.[Mn]. The molecule has 0 unspecified atom stereocenters. The first-order valence-electron chi connectivity index (χ1n) is 7.81. The van der Waals surface area contributed by atoms with E-state index in [4.69, 9.17) is 0 Å². The molecule has 2 rings (SSSR count). The second-order valence-electron chi connectivity index (χ2n) is 6.43. The molecule has 2 aromatic carbocycles. The molecule has 0 aliphatic rings. The minimum Gasteiger partial charge on any atom is -0.508 e. The van der Waals surface area contributed by atoms with E-state index in [-0.39, 0.29) is 17.1 Å². The fourth-order valence-corrected chi connectivity index (χ4v) is 2.28. The molecule has 0 saturated carbocycles. The van der Waals surface area contributed by atoms with Crippen LogP contribution >= 0.6 is 0 Å². The van der Waals surface area contributed by atoms with Gasteiger partial charge in [-0.25, -0.2) is 0 Å². The molecule has 0 atom stereocenters. The largest absolute Gasteiger partial charge is 0.508 e. The van der Waals surface area contributed by atoms with Crippen LogP contribution in [0, 0.1) is 13.8 Å². The number of hydrogen-bond donors (Lipinski definition) is 2. The molecule has 0 bridgehead atoms. The molecule has 0 spiro atoms. The molecule has 2 nitrogen and oxygen atoms in total. The standard InChI is InChI=1S/2C10H14O.Mn/c2*1-7(2)9-5-4-8(3)6-10(9)11;/h2*4-7,11H,1-3H3;. The van der Waals surface area contributed by atoms with Crippen molar-refractivity contribution in [1.82, 2.24) is 0 Å². The van der Waals surface area contributed by atoms with E-state index in [0.29, 0.717) is 23.3 Å². The van der Waals surface area contributed by atoms with Gasteiger partial charge in [0.05, 0.1) is 0 Å². The maximum Gasteiger partial charge on any atom is 0.119 e. The van der Waals surface area contributed by atoms with E-state index in [1.54, 1.807) is 12.1 Å². The first-order valence-corrected chi connectivity index (χ1v) is 7.81. The van der Waals surface area contributed by atoms with Gasteiger partial charge in [-0.1, -0.05) is 52.0 Å². The topological polar surface area (TPSA) is 40.5 Å². The Morgan fingerprint density at radius 1 is 0.652 bits per heavy atom. The van der Waals surface area contributed by atoms with Crippen LogP contribution in [-0.4, -0.2) is 10.2 Å². The summed E-state index contributed by atoms with van der Waals surface area (Å²) in [5.41, 5.74) is 4.25. The molecule has 0 aliphatic heterocycles. The fourth-order valence-electron chi connectivity index (χ4n) is 2.28. The summed E-state index contributed by atoms with van der Waals surface area (Å²) in [6.07, 6.45) is 0. The van der Waals surface area contributed by atoms with E-state index in [2.05, 4.69) is 27.7 Å². The van der Waals surface area contributed by atoms with Crippen LogP contribution in [0.3, 0.4) is 0 Å². The maximum atomic E-state index is 9.46. The van der Waals surface area contributed by atoms with Crippen molar-refractivity contribution in [3.05, 3.63) is 58.7 Å². The van der Waals surface area contributed by atoms with Gasteiger partial charge in [0.2, 0.25) is 0 Å².